The van der Waals surface area contributed by atoms with E-state index >= 15 is 0 Å². The fourth-order valence-corrected chi connectivity index (χ4v) is 10.2. The number of hydrogen-bond donors (Lipinski definition) is 0. The highest BCUT2D eigenvalue weighted by Crippen LogP contribution is 2.42. The molecule has 0 aliphatic rings. The summed E-state index contributed by atoms with van der Waals surface area (Å²) in [5.41, 5.74) is 16.7. The highest BCUT2D eigenvalue weighted by Gasteiger charge is 2.22. The highest BCUT2D eigenvalue weighted by atomic mass is 15.0. The molecule has 6 aromatic heterocycles. The Kier molecular flexibility index (Phi) is 9.03. The van der Waals surface area contributed by atoms with Crippen LogP contribution >= 0.6 is 0 Å². The fourth-order valence-electron chi connectivity index (χ4n) is 10.2. The molecule has 0 saturated carbocycles. The first-order valence-corrected chi connectivity index (χ1v) is 23.3. The lowest BCUT2D eigenvalue weighted by Gasteiger charge is -2.15. The second-order valence-corrected chi connectivity index (χ2v) is 17.6. The van der Waals surface area contributed by atoms with Gasteiger partial charge in [-0.2, -0.15) is 0 Å². The van der Waals surface area contributed by atoms with Gasteiger partial charge >= 0.3 is 0 Å². The van der Waals surface area contributed by atoms with E-state index < -0.39 is 0 Å². The normalized spacial score (nSPS) is 11.7. The van der Waals surface area contributed by atoms with Crippen molar-refractivity contribution in [2.75, 3.05) is 0 Å². The maximum atomic E-state index is 5.65. The minimum Gasteiger partial charge on any atom is -0.308 e. The van der Waals surface area contributed by atoms with Crippen LogP contribution in [0.4, 0.5) is 0 Å². The summed E-state index contributed by atoms with van der Waals surface area (Å²) in [4.78, 5) is 30.8. The minimum absolute atomic E-state index is 0.571. The molecule has 14 rings (SSSR count). The molecule has 8 heteroatoms. The van der Waals surface area contributed by atoms with Crippen LogP contribution in [0.3, 0.4) is 0 Å². The zero-order chi connectivity index (χ0) is 46.1. The summed E-state index contributed by atoms with van der Waals surface area (Å²) in [5, 5.41) is 4.17. The van der Waals surface area contributed by atoms with Crippen molar-refractivity contribution in [3.8, 4) is 67.8 Å². The van der Waals surface area contributed by atoms with Gasteiger partial charge in [0.2, 0.25) is 0 Å². The fraction of sp³-hybridized carbons (Fsp3) is 0. The molecule has 326 valence electrons. The number of rotatable bonds is 7. The summed E-state index contributed by atoms with van der Waals surface area (Å²) < 4.78 is 4.68. The van der Waals surface area contributed by atoms with Gasteiger partial charge in [0.15, 0.2) is 17.5 Å². The van der Waals surface area contributed by atoms with E-state index in [9.17, 15) is 0 Å². The summed E-state index contributed by atoms with van der Waals surface area (Å²) in [5.74, 6) is 1.77. The first-order chi connectivity index (χ1) is 34.7. The third-order valence-electron chi connectivity index (χ3n) is 13.4. The third kappa shape index (κ3) is 6.46. The van der Waals surface area contributed by atoms with E-state index in [0.717, 1.165) is 116 Å². The maximum absolute atomic E-state index is 5.65. The van der Waals surface area contributed by atoms with Gasteiger partial charge in [-0.05, 0) is 107 Å². The number of para-hydroxylation sites is 3. The first kappa shape index (κ1) is 39.5. The Labute approximate surface area is 401 Å². The molecular formula is C62H38N8. The number of aromatic nitrogens is 8. The van der Waals surface area contributed by atoms with E-state index in [-0.39, 0.29) is 0 Å². The Morgan fingerprint density at radius 2 is 0.786 bits per heavy atom. The maximum Gasteiger partial charge on any atom is 0.164 e. The number of pyridine rings is 3. The van der Waals surface area contributed by atoms with Gasteiger partial charge in [-0.15, -0.1) is 0 Å². The molecule has 8 nitrogen and oxygen atoms in total. The predicted molar refractivity (Wildman–Crippen MR) is 284 cm³/mol. The van der Waals surface area contributed by atoms with Crippen LogP contribution in [0.5, 0.6) is 0 Å². The van der Waals surface area contributed by atoms with Crippen LogP contribution in [0.1, 0.15) is 0 Å². The number of benzene rings is 8. The predicted octanol–water partition coefficient (Wildman–Crippen LogP) is 14.9. The lowest BCUT2D eigenvalue weighted by atomic mass is 9.92. The number of hydrogen-bond acceptors (Lipinski definition) is 6. The second kappa shape index (κ2) is 16.0. The van der Waals surface area contributed by atoms with Crippen molar-refractivity contribution in [1.29, 1.82) is 0 Å². The molecule has 0 fully saturated rings. The van der Waals surface area contributed by atoms with Crippen molar-refractivity contribution >= 4 is 65.7 Å². The van der Waals surface area contributed by atoms with Gasteiger partial charge in [-0.1, -0.05) is 133 Å². The number of fused-ring (bicyclic) bond motifs is 9. The molecule has 14 aromatic rings. The molecule has 0 unspecified atom stereocenters. The number of nitrogens with zero attached hydrogens (tertiary/aromatic N) is 8. The summed E-state index contributed by atoms with van der Waals surface area (Å²) >= 11 is 0. The molecule has 0 aliphatic heterocycles. The molecular weight excluding hydrogens is 857 g/mol. The molecule has 0 spiro atoms. The lowest BCUT2D eigenvalue weighted by molar-refractivity contribution is 1.07. The van der Waals surface area contributed by atoms with Gasteiger partial charge in [0.05, 0.1) is 44.1 Å². The minimum atomic E-state index is 0.571. The Hall–Kier alpha value is -9.66. The zero-order valence-electron chi connectivity index (χ0n) is 37.5. The average molecular weight is 895 g/mol. The van der Waals surface area contributed by atoms with Crippen molar-refractivity contribution in [3.05, 3.63) is 231 Å². The van der Waals surface area contributed by atoms with Crippen LogP contribution in [-0.2, 0) is 0 Å². The Balaban J connectivity index is 1.05. The summed E-state index contributed by atoms with van der Waals surface area (Å²) in [6.07, 6.45) is 3.67. The molecule has 8 aromatic carbocycles. The molecule has 0 amide bonds. The highest BCUT2D eigenvalue weighted by molar-refractivity contribution is 6.16. The van der Waals surface area contributed by atoms with Crippen LogP contribution in [0.15, 0.2) is 231 Å². The average Bonchev–Trinajstić information content (AvgIpc) is 3.94. The topological polar surface area (TPSA) is 87.2 Å². The summed E-state index contributed by atoms with van der Waals surface area (Å²) in [7, 11) is 0. The van der Waals surface area contributed by atoms with E-state index in [1.54, 1.807) is 0 Å². The van der Waals surface area contributed by atoms with Crippen LogP contribution < -0.4 is 0 Å². The summed E-state index contributed by atoms with van der Waals surface area (Å²) in [6.45, 7) is 0. The lowest BCUT2D eigenvalue weighted by Crippen LogP contribution is -2.00. The smallest absolute Gasteiger partial charge is 0.164 e. The van der Waals surface area contributed by atoms with Gasteiger partial charge < -0.3 is 9.13 Å². The Morgan fingerprint density at radius 1 is 0.271 bits per heavy atom. The van der Waals surface area contributed by atoms with E-state index in [4.69, 9.17) is 29.9 Å². The van der Waals surface area contributed by atoms with Gasteiger partial charge in [0, 0.05) is 62.0 Å². The molecule has 0 radical (unpaired) electrons. The second-order valence-electron chi connectivity index (χ2n) is 17.6. The third-order valence-corrected chi connectivity index (χ3v) is 13.4. The van der Waals surface area contributed by atoms with Crippen molar-refractivity contribution in [2.45, 2.75) is 0 Å². The van der Waals surface area contributed by atoms with Crippen molar-refractivity contribution in [1.82, 2.24) is 39.0 Å². The summed E-state index contributed by atoms with van der Waals surface area (Å²) in [6, 6.07) is 76.2. The van der Waals surface area contributed by atoms with E-state index in [2.05, 4.69) is 155 Å². The molecule has 0 atom stereocenters. The van der Waals surface area contributed by atoms with Crippen molar-refractivity contribution < 1.29 is 0 Å². The molecule has 0 N–H and O–H groups in total. The van der Waals surface area contributed by atoms with Gasteiger partial charge in [-0.3, -0.25) is 9.97 Å². The molecule has 0 aliphatic carbocycles. The van der Waals surface area contributed by atoms with E-state index in [0.29, 0.717) is 17.5 Å². The van der Waals surface area contributed by atoms with Crippen LogP contribution in [-0.4, -0.2) is 39.0 Å². The first-order valence-electron chi connectivity index (χ1n) is 23.3. The van der Waals surface area contributed by atoms with Gasteiger partial charge in [0.1, 0.15) is 0 Å². The molecule has 70 heavy (non-hydrogen) atoms. The van der Waals surface area contributed by atoms with E-state index in [1.165, 1.54) is 0 Å². The SMILES string of the molecule is c1ccc(-c2nc(-c3ccccc3)nc(-c3cc(-c4ccc5c(c4)c4nc6c7ccccc7n(-c7ccccc7)c6cc4n5-c4ccccc4)cc(-c4cc5cccnc5c5ncccc45)c3)n2)cc1. The molecule has 0 bridgehead atoms. The Morgan fingerprint density at radius 3 is 1.46 bits per heavy atom. The standard InChI is InChI=1S/C62H38N8/c1-5-17-39(18-6-1)60-66-61(40-19-7-2-8-20-40)68-62(67-60)45-34-43(33-44(35-45)50-37-42-21-15-31-63-56(42)59-48(50)27-16-32-64-59)41-29-30-53-51(36-41)58-55(70(53)47-24-11-4-12-25-47)38-54-57(65-58)49-26-13-14-28-52(49)69(54)46-22-9-3-10-23-46/h1-38H. The monoisotopic (exact) mass is 894 g/mol. The Bertz CT molecular complexity index is 4280. The quantitative estimate of drug-likeness (QED) is 0.148. The van der Waals surface area contributed by atoms with Crippen LogP contribution in [0, 0.1) is 0 Å². The molecule has 6 heterocycles. The van der Waals surface area contributed by atoms with Crippen LogP contribution in [0.25, 0.3) is 133 Å². The van der Waals surface area contributed by atoms with Gasteiger partial charge in [-0.25, -0.2) is 19.9 Å². The van der Waals surface area contributed by atoms with Crippen LogP contribution in [0.2, 0.25) is 0 Å². The van der Waals surface area contributed by atoms with E-state index in [1.807, 2.05) is 85.2 Å². The molecule has 0 saturated heterocycles. The largest absolute Gasteiger partial charge is 0.308 e. The zero-order valence-corrected chi connectivity index (χ0v) is 37.5. The van der Waals surface area contributed by atoms with Gasteiger partial charge in [0.25, 0.3) is 0 Å². The van der Waals surface area contributed by atoms with Crippen molar-refractivity contribution in [3.63, 3.8) is 0 Å². The van der Waals surface area contributed by atoms with Crippen molar-refractivity contribution in [2.24, 2.45) is 0 Å².